The number of alkyl halides is 3. The second kappa shape index (κ2) is 5.70. The maximum absolute atomic E-state index is 13.0. The fraction of sp³-hybridized carbons (Fsp3) is 0.333. The summed E-state index contributed by atoms with van der Waals surface area (Å²) < 4.78 is 45.2. The molecule has 1 unspecified atom stereocenters. The number of fused-ring (bicyclic) bond motifs is 2. The Morgan fingerprint density at radius 2 is 1.79 bits per heavy atom. The van der Waals surface area contributed by atoms with Crippen LogP contribution in [-0.4, -0.2) is 43.4 Å². The molecule has 0 spiro atoms. The lowest BCUT2D eigenvalue weighted by Crippen LogP contribution is -2.49. The van der Waals surface area contributed by atoms with Gasteiger partial charge in [-0.05, 0) is 23.4 Å². The van der Waals surface area contributed by atoms with Crippen molar-refractivity contribution >= 4 is 11.5 Å². The fourth-order valence-corrected chi connectivity index (χ4v) is 3.32. The molecule has 0 saturated carbocycles. The van der Waals surface area contributed by atoms with Crippen molar-refractivity contribution in [1.82, 2.24) is 10.2 Å². The topological polar surface area (TPSA) is 24.5 Å². The third-order valence-corrected chi connectivity index (χ3v) is 4.51. The molecule has 24 heavy (non-hydrogen) atoms. The van der Waals surface area contributed by atoms with E-state index in [1.807, 2.05) is 24.3 Å². The summed E-state index contributed by atoms with van der Waals surface area (Å²) in [4.78, 5) is 2.16. The van der Waals surface area contributed by atoms with Crippen molar-refractivity contribution in [3.05, 3.63) is 58.5 Å². The lowest BCUT2D eigenvalue weighted by molar-refractivity contribution is -0.0883. The molecule has 4 rings (SSSR count). The van der Waals surface area contributed by atoms with Crippen LogP contribution in [0.3, 0.4) is 0 Å². The Morgan fingerprint density at radius 1 is 1.08 bits per heavy atom. The molecule has 3 nitrogen and oxygen atoms in total. The minimum Gasteiger partial charge on any atom is -0.466 e. The third-order valence-electron chi connectivity index (χ3n) is 4.51. The van der Waals surface area contributed by atoms with Crippen LogP contribution in [0.4, 0.5) is 13.2 Å². The van der Waals surface area contributed by atoms with Gasteiger partial charge in [-0.25, -0.2) is 0 Å². The number of rotatable bonds is 1. The zero-order chi connectivity index (χ0) is 16.7. The molecule has 1 aromatic carbocycles. The Kier molecular flexibility index (Phi) is 3.64. The number of halogens is 3. The summed E-state index contributed by atoms with van der Waals surface area (Å²) in [6, 6.07) is 7.52. The summed E-state index contributed by atoms with van der Waals surface area (Å²) in [5.74, 6) is 0.759. The summed E-state index contributed by atoms with van der Waals surface area (Å²) in [5, 5.41) is 4.97. The Labute approximate surface area is 137 Å². The fourth-order valence-electron chi connectivity index (χ4n) is 3.32. The van der Waals surface area contributed by atoms with Gasteiger partial charge in [-0.3, -0.25) is 0 Å². The average molecular weight is 334 g/mol. The number of piperazine rings is 1. The van der Waals surface area contributed by atoms with E-state index < -0.39 is 17.9 Å². The monoisotopic (exact) mass is 334 g/mol. The van der Waals surface area contributed by atoms with Gasteiger partial charge in [0.15, 0.2) is 5.88 Å². The van der Waals surface area contributed by atoms with Crippen LogP contribution in [0.1, 0.15) is 0 Å². The van der Waals surface area contributed by atoms with Gasteiger partial charge in [0, 0.05) is 37.0 Å². The molecule has 0 radical (unpaired) electrons. The van der Waals surface area contributed by atoms with E-state index in [0.29, 0.717) is 5.57 Å². The van der Waals surface area contributed by atoms with Crippen molar-refractivity contribution in [2.24, 2.45) is 0 Å². The highest BCUT2D eigenvalue weighted by Crippen LogP contribution is 2.33. The van der Waals surface area contributed by atoms with Crippen molar-refractivity contribution in [2.75, 3.05) is 26.2 Å². The Bertz CT molecular complexity index is 833. The summed E-state index contributed by atoms with van der Waals surface area (Å²) in [6.07, 6.45) is -1.02. The first-order chi connectivity index (χ1) is 11.5. The number of nitrogens with one attached hydrogen (secondary N) is 1. The van der Waals surface area contributed by atoms with E-state index in [4.69, 9.17) is 4.74 Å². The molecule has 1 N–H and O–H groups in total. The van der Waals surface area contributed by atoms with Crippen molar-refractivity contribution in [2.45, 2.75) is 12.3 Å². The molecule has 1 aliphatic carbocycles. The van der Waals surface area contributed by atoms with Crippen molar-refractivity contribution < 1.29 is 17.9 Å². The number of nitrogens with zero attached hydrogens (tertiary/aromatic N) is 1. The quantitative estimate of drug-likeness (QED) is 0.837. The molecule has 3 aliphatic rings. The van der Waals surface area contributed by atoms with Gasteiger partial charge in [-0.15, -0.1) is 0 Å². The second-order valence-corrected chi connectivity index (χ2v) is 6.04. The van der Waals surface area contributed by atoms with Crippen molar-refractivity contribution in [1.29, 1.82) is 0 Å². The predicted octanol–water partition coefficient (Wildman–Crippen LogP) is 1.27. The first-order valence-electron chi connectivity index (χ1n) is 7.97. The van der Waals surface area contributed by atoms with E-state index in [2.05, 4.69) is 10.2 Å². The van der Waals surface area contributed by atoms with Crippen molar-refractivity contribution in [3.8, 4) is 0 Å². The lowest BCUT2D eigenvalue weighted by Gasteiger charge is -2.35. The van der Waals surface area contributed by atoms with Gasteiger partial charge in [0.25, 0.3) is 0 Å². The summed E-state index contributed by atoms with van der Waals surface area (Å²) in [7, 11) is 0. The van der Waals surface area contributed by atoms with Crippen LogP contribution in [0.5, 0.6) is 0 Å². The molecule has 2 heterocycles. The summed E-state index contributed by atoms with van der Waals surface area (Å²) >= 11 is 0. The number of benzene rings is 1. The zero-order valence-electron chi connectivity index (χ0n) is 12.9. The van der Waals surface area contributed by atoms with E-state index in [9.17, 15) is 13.2 Å². The van der Waals surface area contributed by atoms with Crippen LogP contribution < -0.4 is 15.8 Å². The largest absolute Gasteiger partial charge is 0.466 e. The molecule has 1 atom stereocenters. The molecule has 126 valence electrons. The van der Waals surface area contributed by atoms with E-state index in [-0.39, 0.29) is 0 Å². The van der Waals surface area contributed by atoms with Crippen LogP contribution in [0.25, 0.3) is 11.5 Å². The van der Waals surface area contributed by atoms with Crippen LogP contribution >= 0.6 is 0 Å². The van der Waals surface area contributed by atoms with E-state index in [0.717, 1.165) is 48.6 Å². The smallest absolute Gasteiger partial charge is 0.416 e. The molecule has 1 saturated heterocycles. The van der Waals surface area contributed by atoms with Gasteiger partial charge in [0.1, 0.15) is 6.10 Å². The highest BCUT2D eigenvalue weighted by molar-refractivity contribution is 5.71. The number of hydrogen-bond donors (Lipinski definition) is 1. The molecule has 2 aliphatic heterocycles. The van der Waals surface area contributed by atoms with E-state index >= 15 is 0 Å². The summed E-state index contributed by atoms with van der Waals surface area (Å²) in [5.41, 5.74) is -0.0721. The van der Waals surface area contributed by atoms with Gasteiger partial charge in [-0.2, -0.15) is 13.2 Å². The summed E-state index contributed by atoms with van der Waals surface area (Å²) in [6.45, 7) is 3.37. The highest BCUT2D eigenvalue weighted by atomic mass is 19.4. The minimum atomic E-state index is -4.36. The van der Waals surface area contributed by atoms with Gasteiger partial charge in [-0.1, -0.05) is 24.3 Å². The van der Waals surface area contributed by atoms with Gasteiger partial charge in [0.2, 0.25) is 0 Å². The molecule has 6 heteroatoms. The minimum absolute atomic E-state index is 0.476. The standard InChI is InChI=1S/C18H17F3N2O/c19-18(20,21)12-5-6-16-15(11-12)13-3-1-2-4-14(13)17(24-16)23-9-7-22-8-10-23/h1-6,11,16,22H,7-10H2. The third kappa shape index (κ3) is 2.60. The SMILES string of the molecule is FC(F)(F)C1=CC2=c3ccccc3=C(N3CCNCC3)OC2C=C1. The molecule has 0 aromatic heterocycles. The Hall–Kier alpha value is -2.21. The maximum Gasteiger partial charge on any atom is 0.416 e. The molecule has 0 bridgehead atoms. The van der Waals surface area contributed by atoms with Crippen molar-refractivity contribution in [3.63, 3.8) is 0 Å². The maximum atomic E-state index is 13.0. The predicted molar refractivity (Wildman–Crippen MR) is 85.1 cm³/mol. The van der Waals surface area contributed by atoms with Crippen LogP contribution in [-0.2, 0) is 4.74 Å². The number of allylic oxidation sites excluding steroid dienone is 2. The van der Waals surface area contributed by atoms with E-state index in [1.54, 1.807) is 0 Å². The normalized spacial score (nSPS) is 23.4. The van der Waals surface area contributed by atoms with E-state index in [1.165, 1.54) is 12.2 Å². The molecular formula is C18H17F3N2O. The molecule has 0 amide bonds. The van der Waals surface area contributed by atoms with Gasteiger partial charge >= 0.3 is 6.18 Å². The molecule has 1 aromatic rings. The Balaban J connectivity index is 1.91. The molecular weight excluding hydrogens is 317 g/mol. The number of ether oxygens (including phenoxy) is 1. The van der Waals surface area contributed by atoms with Crippen LogP contribution in [0, 0.1) is 0 Å². The second-order valence-electron chi connectivity index (χ2n) is 6.04. The first kappa shape index (κ1) is 15.3. The number of hydrogen-bond acceptors (Lipinski definition) is 3. The van der Waals surface area contributed by atoms with Gasteiger partial charge < -0.3 is 15.0 Å². The lowest BCUT2D eigenvalue weighted by atomic mass is 9.94. The average Bonchev–Trinajstić information content (AvgIpc) is 2.60. The van der Waals surface area contributed by atoms with Crippen LogP contribution in [0.15, 0.2) is 48.1 Å². The first-order valence-corrected chi connectivity index (χ1v) is 7.97. The Morgan fingerprint density at radius 3 is 2.50 bits per heavy atom. The molecule has 1 fully saturated rings. The van der Waals surface area contributed by atoms with Crippen LogP contribution in [0.2, 0.25) is 0 Å². The highest BCUT2D eigenvalue weighted by Gasteiger charge is 2.36. The van der Waals surface area contributed by atoms with Gasteiger partial charge in [0.05, 0.1) is 5.57 Å². The zero-order valence-corrected chi connectivity index (χ0v) is 12.9.